The number of aryl methyl sites for hydroxylation is 1. The maximum atomic E-state index is 13.4. The highest BCUT2D eigenvalue weighted by Gasteiger charge is 2.28. The van der Waals surface area contributed by atoms with Gasteiger partial charge in [0.1, 0.15) is 5.82 Å². The summed E-state index contributed by atoms with van der Waals surface area (Å²) in [5.74, 6) is -0.278. The molecule has 1 aromatic carbocycles. The van der Waals surface area contributed by atoms with Crippen LogP contribution in [0.25, 0.3) is 0 Å². The fraction of sp³-hybridized carbons (Fsp3) is 0.321. The molecule has 2 unspecified atom stereocenters. The fourth-order valence-corrected chi connectivity index (χ4v) is 3.66. The molecule has 0 amide bonds. The van der Waals surface area contributed by atoms with Crippen LogP contribution in [0, 0.1) is 28.5 Å². The average molecular weight is 402 g/mol. The van der Waals surface area contributed by atoms with Gasteiger partial charge in [-0.25, -0.2) is 4.39 Å². The van der Waals surface area contributed by atoms with Crippen LogP contribution in [-0.4, -0.2) is 0 Å². The van der Waals surface area contributed by atoms with Gasteiger partial charge in [-0.2, -0.15) is 5.26 Å². The summed E-state index contributed by atoms with van der Waals surface area (Å²) in [5.41, 5.74) is 5.50. The molecule has 2 heteroatoms. The zero-order chi connectivity index (χ0) is 22.1. The van der Waals surface area contributed by atoms with Gasteiger partial charge in [-0.3, -0.25) is 0 Å². The number of halogens is 1. The lowest BCUT2D eigenvalue weighted by molar-refractivity contribution is 0.521. The smallest absolute Gasteiger partial charge is 0.123 e. The van der Waals surface area contributed by atoms with Gasteiger partial charge >= 0.3 is 0 Å². The van der Waals surface area contributed by atoms with Crippen molar-refractivity contribution in [2.45, 2.75) is 46.5 Å². The van der Waals surface area contributed by atoms with Crippen LogP contribution in [0.2, 0.25) is 0 Å². The quantitative estimate of drug-likeness (QED) is 0.387. The van der Waals surface area contributed by atoms with E-state index < -0.39 is 0 Å². The number of rotatable bonds is 9. The van der Waals surface area contributed by atoms with Crippen LogP contribution in [0.5, 0.6) is 0 Å². The monoisotopic (exact) mass is 401 g/mol. The van der Waals surface area contributed by atoms with Gasteiger partial charge in [0.25, 0.3) is 0 Å². The number of hydrogen-bond donors (Lipinski definition) is 0. The molecule has 0 radical (unpaired) electrons. The third-order valence-electron chi connectivity index (χ3n) is 5.57. The van der Waals surface area contributed by atoms with Crippen LogP contribution in [0.1, 0.15) is 45.6 Å². The molecular formula is C28H32FN. The molecule has 0 heterocycles. The van der Waals surface area contributed by atoms with E-state index in [1.807, 2.05) is 44.2 Å². The topological polar surface area (TPSA) is 23.8 Å². The molecule has 2 rings (SSSR count). The number of benzene rings is 1. The van der Waals surface area contributed by atoms with Crippen molar-refractivity contribution in [2.24, 2.45) is 11.3 Å². The Bertz CT molecular complexity index is 951. The molecular weight excluding hydrogens is 369 g/mol. The van der Waals surface area contributed by atoms with Gasteiger partial charge in [0.2, 0.25) is 0 Å². The minimum atomic E-state index is -0.180. The summed E-state index contributed by atoms with van der Waals surface area (Å²) in [6, 6.07) is 9.03. The Morgan fingerprint density at radius 1 is 1.30 bits per heavy atom. The Balaban J connectivity index is 2.11. The average Bonchev–Trinajstić information content (AvgIpc) is 2.70. The molecule has 2 atom stereocenters. The molecule has 0 aliphatic heterocycles. The van der Waals surface area contributed by atoms with Crippen molar-refractivity contribution in [3.05, 3.63) is 108 Å². The SMILES string of the molecule is C=C(C)C1=CCC(C)(C(=C)/C=C\C=C/C(C)C#N)C=C1CCCc1cccc(F)c1. The first-order chi connectivity index (χ1) is 14.2. The minimum absolute atomic E-state index is 0.0983. The predicted molar refractivity (Wildman–Crippen MR) is 125 cm³/mol. The summed E-state index contributed by atoms with van der Waals surface area (Å²) in [6.07, 6.45) is 16.0. The number of nitriles is 1. The standard InChI is InChI=1S/C28H32FN/c1-21(2)27-16-17-28(5,23(4)11-7-6-10-22(3)20-30)19-25(27)14-8-12-24-13-9-15-26(29)18-24/h6-7,9-11,13,15-16,18-19,22H,1,4,8,12,14,17H2,2-3,5H3/b10-6-,11-7-. The van der Waals surface area contributed by atoms with E-state index in [-0.39, 0.29) is 17.2 Å². The Labute approximate surface area is 181 Å². The van der Waals surface area contributed by atoms with Crippen LogP contribution in [0.3, 0.4) is 0 Å². The van der Waals surface area contributed by atoms with Crippen LogP contribution in [0.4, 0.5) is 4.39 Å². The Kier molecular flexibility index (Phi) is 8.36. The van der Waals surface area contributed by atoms with Gasteiger partial charge in [0, 0.05) is 5.41 Å². The molecule has 1 aromatic rings. The molecule has 0 saturated heterocycles. The maximum absolute atomic E-state index is 13.4. The van der Waals surface area contributed by atoms with Gasteiger partial charge < -0.3 is 0 Å². The fourth-order valence-electron chi connectivity index (χ4n) is 3.66. The van der Waals surface area contributed by atoms with E-state index in [9.17, 15) is 4.39 Å². The maximum Gasteiger partial charge on any atom is 0.123 e. The van der Waals surface area contributed by atoms with Crippen molar-refractivity contribution in [1.82, 2.24) is 0 Å². The highest BCUT2D eigenvalue weighted by molar-refractivity contribution is 5.50. The number of allylic oxidation sites excluding steroid dienone is 10. The van der Waals surface area contributed by atoms with Crippen molar-refractivity contribution in [3.63, 3.8) is 0 Å². The summed E-state index contributed by atoms with van der Waals surface area (Å²) >= 11 is 0. The van der Waals surface area contributed by atoms with Crippen LogP contribution >= 0.6 is 0 Å². The Morgan fingerprint density at radius 3 is 2.73 bits per heavy atom. The summed E-state index contributed by atoms with van der Waals surface area (Å²) in [7, 11) is 0. The third kappa shape index (κ3) is 6.56. The number of hydrogen-bond acceptors (Lipinski definition) is 1. The lowest BCUT2D eigenvalue weighted by atomic mass is 9.72. The minimum Gasteiger partial charge on any atom is -0.207 e. The molecule has 0 fully saturated rings. The lowest BCUT2D eigenvalue weighted by Gasteiger charge is -2.32. The van der Waals surface area contributed by atoms with E-state index >= 15 is 0 Å². The first-order valence-corrected chi connectivity index (χ1v) is 10.5. The molecule has 0 spiro atoms. The van der Waals surface area contributed by atoms with Gasteiger partial charge in [-0.1, -0.05) is 74.2 Å². The summed E-state index contributed by atoms with van der Waals surface area (Å²) < 4.78 is 13.4. The van der Waals surface area contributed by atoms with E-state index in [0.29, 0.717) is 0 Å². The van der Waals surface area contributed by atoms with E-state index in [1.165, 1.54) is 17.2 Å². The first kappa shape index (κ1) is 23.4. The van der Waals surface area contributed by atoms with Crippen LogP contribution < -0.4 is 0 Å². The van der Waals surface area contributed by atoms with Crippen molar-refractivity contribution < 1.29 is 4.39 Å². The van der Waals surface area contributed by atoms with E-state index in [4.69, 9.17) is 5.26 Å². The zero-order valence-electron chi connectivity index (χ0n) is 18.4. The van der Waals surface area contributed by atoms with Crippen LogP contribution in [0.15, 0.2) is 96.2 Å². The Morgan fingerprint density at radius 2 is 2.07 bits per heavy atom. The summed E-state index contributed by atoms with van der Waals surface area (Å²) in [5, 5.41) is 8.86. The number of nitrogens with zero attached hydrogens (tertiary/aromatic N) is 1. The van der Waals surface area contributed by atoms with Crippen molar-refractivity contribution >= 4 is 0 Å². The molecule has 0 saturated carbocycles. The molecule has 0 aromatic heterocycles. The highest BCUT2D eigenvalue weighted by atomic mass is 19.1. The summed E-state index contributed by atoms with van der Waals surface area (Å²) in [6.45, 7) is 14.6. The molecule has 0 N–H and O–H groups in total. The van der Waals surface area contributed by atoms with E-state index in [1.54, 1.807) is 12.1 Å². The predicted octanol–water partition coefficient (Wildman–Crippen LogP) is 7.82. The molecule has 1 nitrogen and oxygen atoms in total. The second-order valence-corrected chi connectivity index (χ2v) is 8.36. The van der Waals surface area contributed by atoms with E-state index in [0.717, 1.165) is 42.4 Å². The summed E-state index contributed by atoms with van der Waals surface area (Å²) in [4.78, 5) is 0. The van der Waals surface area contributed by atoms with Gasteiger partial charge in [0.15, 0.2) is 0 Å². The Hall–Kier alpha value is -2.92. The molecule has 156 valence electrons. The third-order valence-corrected chi connectivity index (χ3v) is 5.57. The molecule has 0 bridgehead atoms. The van der Waals surface area contributed by atoms with Crippen molar-refractivity contribution in [3.8, 4) is 6.07 Å². The molecule has 1 aliphatic carbocycles. The van der Waals surface area contributed by atoms with Crippen LogP contribution in [-0.2, 0) is 6.42 Å². The van der Waals surface area contributed by atoms with Crippen molar-refractivity contribution in [2.75, 3.05) is 0 Å². The zero-order valence-corrected chi connectivity index (χ0v) is 18.4. The van der Waals surface area contributed by atoms with Gasteiger partial charge in [-0.15, -0.1) is 0 Å². The molecule has 1 aliphatic rings. The normalized spacial score (nSPS) is 20.0. The second kappa shape index (κ2) is 10.7. The molecule has 30 heavy (non-hydrogen) atoms. The van der Waals surface area contributed by atoms with Gasteiger partial charge in [-0.05, 0) is 73.9 Å². The largest absolute Gasteiger partial charge is 0.207 e. The lowest BCUT2D eigenvalue weighted by Crippen LogP contribution is -2.19. The highest BCUT2D eigenvalue weighted by Crippen LogP contribution is 2.42. The van der Waals surface area contributed by atoms with Gasteiger partial charge in [0.05, 0.1) is 12.0 Å². The van der Waals surface area contributed by atoms with E-state index in [2.05, 4.69) is 38.3 Å². The first-order valence-electron chi connectivity index (χ1n) is 10.5. The van der Waals surface area contributed by atoms with Crippen molar-refractivity contribution in [1.29, 1.82) is 5.26 Å². The second-order valence-electron chi connectivity index (χ2n) is 8.36.